The number of sulfonamides is 1. The fourth-order valence-electron chi connectivity index (χ4n) is 3.82. The van der Waals surface area contributed by atoms with Crippen LogP contribution in [0.1, 0.15) is 37.5 Å². The van der Waals surface area contributed by atoms with E-state index in [0.29, 0.717) is 36.1 Å². The van der Waals surface area contributed by atoms with Gasteiger partial charge in [-0.15, -0.1) is 0 Å². The van der Waals surface area contributed by atoms with E-state index in [0.717, 1.165) is 15.4 Å². The minimum Gasteiger partial charge on any atom is -0.443 e. The molecular formula is C28H34Cl2N4O5S. The van der Waals surface area contributed by atoms with E-state index >= 15 is 0 Å². The van der Waals surface area contributed by atoms with E-state index in [-0.39, 0.29) is 22.4 Å². The first-order chi connectivity index (χ1) is 18.6. The number of benzene rings is 2. The molecule has 1 heterocycles. The predicted octanol–water partition coefficient (Wildman–Crippen LogP) is 5.13. The SMILES string of the molecule is Cc1cc(S(=O)(=O)N(C)CC=CC(=O)N(C)Cc2ccc(C3=NCCN3C(=O)OC(C)(C)C)cc2)c(Cl)cc1Cl. The molecule has 0 atom stereocenters. The Labute approximate surface area is 246 Å². The van der Waals surface area contributed by atoms with E-state index in [4.69, 9.17) is 27.9 Å². The lowest BCUT2D eigenvalue weighted by Crippen LogP contribution is -2.39. The highest BCUT2D eigenvalue weighted by Gasteiger charge is 2.29. The Balaban J connectivity index is 1.58. The first-order valence-electron chi connectivity index (χ1n) is 12.6. The molecule has 12 heteroatoms. The van der Waals surface area contributed by atoms with Gasteiger partial charge in [-0.25, -0.2) is 13.2 Å². The molecule has 1 aliphatic rings. The minimum absolute atomic E-state index is 0.0229. The van der Waals surface area contributed by atoms with Crippen LogP contribution in [0.25, 0.3) is 0 Å². The molecule has 40 heavy (non-hydrogen) atoms. The fraction of sp³-hybridized carbons (Fsp3) is 0.393. The maximum Gasteiger partial charge on any atom is 0.416 e. The first kappa shape index (κ1) is 31.6. The van der Waals surface area contributed by atoms with Crippen LogP contribution in [-0.2, 0) is 26.1 Å². The molecule has 0 fully saturated rings. The van der Waals surface area contributed by atoms with E-state index in [2.05, 4.69) is 4.99 Å². The Morgan fingerprint density at radius 3 is 2.38 bits per heavy atom. The molecule has 2 amide bonds. The molecule has 0 aromatic heterocycles. The van der Waals surface area contributed by atoms with Crippen LogP contribution in [0.3, 0.4) is 0 Å². The van der Waals surface area contributed by atoms with Gasteiger partial charge in [0.25, 0.3) is 0 Å². The standard InChI is InChI=1S/C28H34Cl2N4O5S/c1-19-16-24(23(30)17-22(19)29)40(37,38)33(6)14-7-8-25(35)32(5)18-20-9-11-21(12-10-20)26-31-13-15-34(26)27(36)39-28(2,3)4/h7-12,16-17H,13-15,18H2,1-6H3. The molecule has 216 valence electrons. The van der Waals surface area contributed by atoms with Crippen LogP contribution < -0.4 is 0 Å². The summed E-state index contributed by atoms with van der Waals surface area (Å²) < 4.78 is 32.5. The molecule has 2 aromatic carbocycles. The monoisotopic (exact) mass is 608 g/mol. The van der Waals surface area contributed by atoms with Gasteiger partial charge in [-0.1, -0.05) is 53.5 Å². The summed E-state index contributed by atoms with van der Waals surface area (Å²) in [4.78, 5) is 32.7. The predicted molar refractivity (Wildman–Crippen MR) is 157 cm³/mol. The van der Waals surface area contributed by atoms with Gasteiger partial charge >= 0.3 is 6.09 Å². The molecule has 0 aliphatic carbocycles. The van der Waals surface area contributed by atoms with E-state index in [9.17, 15) is 18.0 Å². The molecule has 0 saturated heterocycles. The summed E-state index contributed by atoms with van der Waals surface area (Å²) in [5, 5.41) is 0.413. The number of amides is 2. The maximum absolute atomic E-state index is 12.9. The summed E-state index contributed by atoms with van der Waals surface area (Å²) in [5.41, 5.74) is 1.65. The second kappa shape index (κ2) is 12.7. The lowest BCUT2D eigenvalue weighted by Gasteiger charge is -2.25. The molecule has 0 unspecified atom stereocenters. The average molecular weight is 610 g/mol. The third kappa shape index (κ3) is 7.84. The quantitative estimate of drug-likeness (QED) is 0.387. The Kier molecular flexibility index (Phi) is 10.1. The molecule has 3 rings (SSSR count). The van der Waals surface area contributed by atoms with Crippen LogP contribution in [0.15, 0.2) is 58.4 Å². The van der Waals surface area contributed by atoms with Gasteiger partial charge in [0.2, 0.25) is 15.9 Å². The van der Waals surface area contributed by atoms with Crippen LogP contribution in [-0.4, -0.2) is 79.7 Å². The Hall–Kier alpha value is -2.92. The van der Waals surface area contributed by atoms with Crippen molar-refractivity contribution in [3.63, 3.8) is 0 Å². The Morgan fingerprint density at radius 1 is 1.10 bits per heavy atom. The van der Waals surface area contributed by atoms with Crippen LogP contribution in [0.5, 0.6) is 0 Å². The lowest BCUT2D eigenvalue weighted by molar-refractivity contribution is -0.125. The normalized spacial score (nSPS) is 14.1. The average Bonchev–Trinajstić information content (AvgIpc) is 3.35. The van der Waals surface area contributed by atoms with Gasteiger partial charge in [0, 0.05) is 43.8 Å². The minimum atomic E-state index is -3.88. The van der Waals surface area contributed by atoms with Crippen molar-refractivity contribution >= 4 is 51.1 Å². The summed E-state index contributed by atoms with van der Waals surface area (Å²) in [6.07, 6.45) is 2.38. The third-order valence-corrected chi connectivity index (χ3v) is 8.68. The molecule has 9 nitrogen and oxygen atoms in total. The number of ether oxygens (including phenoxy) is 1. The lowest BCUT2D eigenvalue weighted by atomic mass is 10.1. The first-order valence-corrected chi connectivity index (χ1v) is 14.8. The molecule has 0 spiro atoms. The number of carbonyl (C=O) groups excluding carboxylic acids is 2. The number of likely N-dealkylation sites (N-methyl/N-ethyl adjacent to an activating group) is 2. The topological polar surface area (TPSA) is 99.6 Å². The maximum atomic E-state index is 12.9. The van der Waals surface area contributed by atoms with Gasteiger partial charge < -0.3 is 9.64 Å². The van der Waals surface area contributed by atoms with E-state index in [1.165, 1.54) is 41.1 Å². The molecule has 2 aromatic rings. The molecule has 0 N–H and O–H groups in total. The summed E-state index contributed by atoms with van der Waals surface area (Å²) in [7, 11) is -0.815. The number of hydrogen-bond acceptors (Lipinski definition) is 6. The summed E-state index contributed by atoms with van der Waals surface area (Å²) >= 11 is 12.2. The van der Waals surface area contributed by atoms with Crippen molar-refractivity contribution in [2.75, 3.05) is 33.7 Å². The number of aryl methyl sites for hydroxylation is 1. The van der Waals surface area contributed by atoms with Gasteiger partial charge in [0.1, 0.15) is 16.3 Å². The number of aliphatic imine (C=N–C) groups is 1. The smallest absolute Gasteiger partial charge is 0.416 e. The van der Waals surface area contributed by atoms with Gasteiger partial charge in [0.15, 0.2) is 0 Å². The largest absolute Gasteiger partial charge is 0.443 e. The molecule has 0 bridgehead atoms. The number of nitrogens with zero attached hydrogens (tertiary/aromatic N) is 4. The second-order valence-electron chi connectivity index (χ2n) is 10.4. The highest BCUT2D eigenvalue weighted by Crippen LogP contribution is 2.29. The van der Waals surface area contributed by atoms with Gasteiger partial charge in [-0.2, -0.15) is 4.31 Å². The zero-order valence-corrected chi connectivity index (χ0v) is 25.8. The molecule has 0 saturated carbocycles. The van der Waals surface area contributed by atoms with Crippen molar-refractivity contribution in [1.82, 2.24) is 14.1 Å². The van der Waals surface area contributed by atoms with Crippen molar-refractivity contribution in [3.05, 3.63) is 75.3 Å². The highest BCUT2D eigenvalue weighted by atomic mass is 35.5. The van der Waals surface area contributed by atoms with Crippen molar-refractivity contribution in [2.45, 2.75) is 44.7 Å². The summed E-state index contributed by atoms with van der Waals surface area (Å²) in [5.74, 6) is 0.272. The molecular weight excluding hydrogens is 575 g/mol. The van der Waals surface area contributed by atoms with Crippen molar-refractivity contribution in [2.24, 2.45) is 4.99 Å². The van der Waals surface area contributed by atoms with Crippen LogP contribution in [0, 0.1) is 6.92 Å². The number of rotatable bonds is 8. The number of amidine groups is 1. The van der Waals surface area contributed by atoms with Crippen LogP contribution in [0.4, 0.5) is 4.79 Å². The fourth-order valence-corrected chi connectivity index (χ4v) is 5.75. The van der Waals surface area contributed by atoms with Crippen molar-refractivity contribution < 1.29 is 22.7 Å². The van der Waals surface area contributed by atoms with Gasteiger partial charge in [-0.05, 0) is 51.0 Å². The van der Waals surface area contributed by atoms with E-state index in [1.54, 1.807) is 14.0 Å². The molecule has 1 aliphatic heterocycles. The molecule has 0 radical (unpaired) electrons. The zero-order valence-electron chi connectivity index (χ0n) is 23.4. The van der Waals surface area contributed by atoms with E-state index < -0.39 is 21.7 Å². The van der Waals surface area contributed by atoms with Crippen molar-refractivity contribution in [1.29, 1.82) is 0 Å². The van der Waals surface area contributed by atoms with Crippen LogP contribution in [0.2, 0.25) is 10.0 Å². The Morgan fingerprint density at radius 2 is 1.75 bits per heavy atom. The Bertz CT molecular complexity index is 1430. The van der Waals surface area contributed by atoms with E-state index in [1.807, 2.05) is 45.0 Å². The van der Waals surface area contributed by atoms with Crippen molar-refractivity contribution in [3.8, 4) is 0 Å². The zero-order chi connectivity index (χ0) is 29.8. The van der Waals surface area contributed by atoms with Crippen LogP contribution >= 0.6 is 23.2 Å². The number of hydrogen-bond donors (Lipinski definition) is 0. The highest BCUT2D eigenvalue weighted by molar-refractivity contribution is 7.89. The third-order valence-electron chi connectivity index (χ3n) is 5.99. The number of carbonyl (C=O) groups is 2. The van der Waals surface area contributed by atoms with Gasteiger partial charge in [-0.3, -0.25) is 14.7 Å². The summed E-state index contributed by atoms with van der Waals surface area (Å²) in [6, 6.07) is 10.3. The number of halogens is 2. The second-order valence-corrected chi connectivity index (χ2v) is 13.3. The summed E-state index contributed by atoms with van der Waals surface area (Å²) in [6.45, 7) is 8.42. The van der Waals surface area contributed by atoms with Gasteiger partial charge in [0.05, 0.1) is 18.1 Å².